The van der Waals surface area contributed by atoms with E-state index >= 15 is 0 Å². The summed E-state index contributed by atoms with van der Waals surface area (Å²) in [6.07, 6.45) is 1.36. The first-order valence-corrected chi connectivity index (χ1v) is 7.50. The molecule has 0 saturated heterocycles. The summed E-state index contributed by atoms with van der Waals surface area (Å²) in [6.45, 7) is 0.277. The van der Waals surface area contributed by atoms with E-state index in [2.05, 4.69) is 9.71 Å². The largest absolute Gasteiger partial charge is 0.491 e. The topological polar surface area (TPSA) is 94.3 Å². The van der Waals surface area contributed by atoms with Gasteiger partial charge in [0.2, 0.25) is 10.0 Å². The molecule has 1 aromatic carbocycles. The number of fused-ring (bicyclic) bond motifs is 1. The van der Waals surface area contributed by atoms with Gasteiger partial charge in [0, 0.05) is 17.8 Å². The summed E-state index contributed by atoms with van der Waals surface area (Å²) in [7, 11) is -3.66. The lowest BCUT2D eigenvalue weighted by Crippen LogP contribution is -2.29. The molecule has 0 saturated carbocycles. The third-order valence-electron chi connectivity index (χ3n) is 3.06. The van der Waals surface area contributed by atoms with Crippen LogP contribution >= 0.6 is 0 Å². The quantitative estimate of drug-likeness (QED) is 0.882. The molecule has 3 N–H and O–H groups in total. The van der Waals surface area contributed by atoms with Crippen LogP contribution in [-0.2, 0) is 10.0 Å². The van der Waals surface area contributed by atoms with Gasteiger partial charge in [0.05, 0.1) is 10.9 Å². The molecule has 1 aliphatic heterocycles. The number of nitrogens with one attached hydrogen (secondary N) is 1. The fourth-order valence-corrected chi connectivity index (χ4v) is 3.33. The molecule has 7 heteroatoms. The minimum atomic E-state index is -3.66. The van der Waals surface area contributed by atoms with E-state index in [0.29, 0.717) is 5.75 Å². The normalized spacial score (nSPS) is 17.5. The van der Waals surface area contributed by atoms with Gasteiger partial charge in [-0.15, -0.1) is 0 Å². The third kappa shape index (κ3) is 2.33. The molecule has 104 valence electrons. The maximum Gasteiger partial charge on any atom is 0.241 e. The van der Waals surface area contributed by atoms with Crippen molar-refractivity contribution in [2.24, 2.45) is 0 Å². The van der Waals surface area contributed by atoms with Gasteiger partial charge in [-0.2, -0.15) is 0 Å². The fraction of sp³-hybridized carbons (Fsp3) is 0.154. The van der Waals surface area contributed by atoms with Gasteiger partial charge in [-0.3, -0.25) is 0 Å². The number of anilines is 1. The Hall–Kier alpha value is -2.12. The van der Waals surface area contributed by atoms with E-state index in [1.165, 1.54) is 18.3 Å². The number of rotatable bonds is 3. The minimum Gasteiger partial charge on any atom is -0.491 e. The van der Waals surface area contributed by atoms with Crippen molar-refractivity contribution in [2.45, 2.75) is 10.9 Å². The van der Waals surface area contributed by atoms with Crippen LogP contribution in [0.3, 0.4) is 0 Å². The molecule has 1 atom stereocenters. The molecule has 6 nitrogen and oxygen atoms in total. The molecule has 0 bridgehead atoms. The molecule has 1 unspecified atom stereocenters. The lowest BCUT2D eigenvalue weighted by molar-refractivity contribution is 0.325. The second kappa shape index (κ2) is 4.77. The van der Waals surface area contributed by atoms with Crippen molar-refractivity contribution < 1.29 is 13.2 Å². The highest BCUT2D eigenvalue weighted by Gasteiger charge is 2.28. The lowest BCUT2D eigenvalue weighted by Gasteiger charge is -2.12. The second-order valence-electron chi connectivity index (χ2n) is 4.44. The zero-order valence-corrected chi connectivity index (χ0v) is 11.3. The fourth-order valence-electron chi connectivity index (χ4n) is 2.11. The SMILES string of the molecule is Nc1cc(S(=O)(=O)NC2COc3ccccc32)ccn1. The number of aromatic nitrogens is 1. The highest BCUT2D eigenvalue weighted by atomic mass is 32.2. The Kier molecular flexibility index (Phi) is 3.07. The smallest absolute Gasteiger partial charge is 0.241 e. The first-order valence-electron chi connectivity index (χ1n) is 6.02. The minimum absolute atomic E-state index is 0.0920. The van der Waals surface area contributed by atoms with Crippen LogP contribution in [0, 0.1) is 0 Å². The van der Waals surface area contributed by atoms with Crippen molar-refractivity contribution >= 4 is 15.8 Å². The predicted molar refractivity (Wildman–Crippen MR) is 73.6 cm³/mol. The van der Waals surface area contributed by atoms with Gasteiger partial charge in [-0.1, -0.05) is 18.2 Å². The molecule has 0 spiro atoms. The van der Waals surface area contributed by atoms with Crippen LogP contribution in [0.4, 0.5) is 5.82 Å². The van der Waals surface area contributed by atoms with Gasteiger partial charge >= 0.3 is 0 Å². The molecular weight excluding hydrogens is 278 g/mol. The standard InChI is InChI=1S/C13H13N3O3S/c14-13-7-9(5-6-15-13)20(17,18)16-11-8-19-12-4-2-1-3-10(11)12/h1-7,11,16H,8H2,(H2,14,15). The summed E-state index contributed by atoms with van der Waals surface area (Å²) in [5, 5.41) is 0. The van der Waals surface area contributed by atoms with E-state index in [1.54, 1.807) is 0 Å². The zero-order valence-electron chi connectivity index (χ0n) is 10.5. The number of sulfonamides is 1. The number of ether oxygens (including phenoxy) is 1. The molecule has 1 aliphatic rings. The molecule has 3 rings (SSSR count). The monoisotopic (exact) mass is 291 g/mol. The maximum atomic E-state index is 12.3. The van der Waals surface area contributed by atoms with Crippen LogP contribution in [0.5, 0.6) is 5.75 Å². The summed E-state index contributed by atoms with van der Waals surface area (Å²) in [6, 6.07) is 9.68. The van der Waals surface area contributed by atoms with Crippen LogP contribution in [0.25, 0.3) is 0 Å². The van der Waals surface area contributed by atoms with Crippen molar-refractivity contribution in [1.29, 1.82) is 0 Å². The summed E-state index contributed by atoms with van der Waals surface area (Å²) in [4.78, 5) is 3.87. The molecular formula is C13H13N3O3S. The van der Waals surface area contributed by atoms with E-state index in [1.807, 2.05) is 24.3 Å². The van der Waals surface area contributed by atoms with Gasteiger partial charge < -0.3 is 10.5 Å². The van der Waals surface area contributed by atoms with Gasteiger partial charge in [0.25, 0.3) is 0 Å². The van der Waals surface area contributed by atoms with Gasteiger partial charge in [-0.25, -0.2) is 18.1 Å². The highest BCUT2D eigenvalue weighted by molar-refractivity contribution is 7.89. The van der Waals surface area contributed by atoms with E-state index in [9.17, 15) is 8.42 Å². The van der Waals surface area contributed by atoms with Crippen molar-refractivity contribution in [3.63, 3.8) is 0 Å². The van der Waals surface area contributed by atoms with E-state index in [0.717, 1.165) is 5.56 Å². The summed E-state index contributed by atoms with van der Waals surface area (Å²) in [5.41, 5.74) is 6.34. The molecule has 0 aliphatic carbocycles. The Balaban J connectivity index is 1.89. The Morgan fingerprint density at radius 2 is 2.10 bits per heavy atom. The Bertz CT molecular complexity index is 746. The Labute approximate surface area is 116 Å². The number of hydrogen-bond acceptors (Lipinski definition) is 5. The zero-order chi connectivity index (χ0) is 14.2. The van der Waals surface area contributed by atoms with Gasteiger partial charge in [-0.05, 0) is 12.1 Å². The van der Waals surface area contributed by atoms with E-state index in [4.69, 9.17) is 10.5 Å². The summed E-state index contributed by atoms with van der Waals surface area (Å²) in [5.74, 6) is 0.866. The second-order valence-corrected chi connectivity index (χ2v) is 6.15. The summed E-state index contributed by atoms with van der Waals surface area (Å²) >= 11 is 0. The summed E-state index contributed by atoms with van der Waals surface area (Å²) < 4.78 is 32.7. The average Bonchev–Trinajstić information content (AvgIpc) is 2.82. The number of pyridine rings is 1. The lowest BCUT2D eigenvalue weighted by atomic mass is 10.1. The third-order valence-corrected chi connectivity index (χ3v) is 4.53. The molecule has 0 amide bonds. The molecule has 0 fully saturated rings. The number of nitrogen functional groups attached to an aromatic ring is 1. The molecule has 20 heavy (non-hydrogen) atoms. The predicted octanol–water partition coefficient (Wildman–Crippen LogP) is 1.08. The first-order chi connectivity index (χ1) is 9.56. The Morgan fingerprint density at radius 3 is 2.90 bits per heavy atom. The highest BCUT2D eigenvalue weighted by Crippen LogP contribution is 2.32. The number of hydrogen-bond donors (Lipinski definition) is 2. The van der Waals surface area contributed by atoms with Crippen molar-refractivity contribution in [2.75, 3.05) is 12.3 Å². The molecule has 0 radical (unpaired) electrons. The van der Waals surface area contributed by atoms with Crippen LogP contribution < -0.4 is 15.2 Å². The van der Waals surface area contributed by atoms with Gasteiger partial charge in [0.15, 0.2) is 0 Å². The van der Waals surface area contributed by atoms with Crippen molar-refractivity contribution in [3.8, 4) is 5.75 Å². The van der Waals surface area contributed by atoms with E-state index in [-0.39, 0.29) is 17.3 Å². The number of nitrogens with two attached hydrogens (primary N) is 1. The van der Waals surface area contributed by atoms with Gasteiger partial charge in [0.1, 0.15) is 18.2 Å². The Morgan fingerprint density at radius 1 is 1.30 bits per heavy atom. The van der Waals surface area contributed by atoms with E-state index < -0.39 is 16.1 Å². The molecule has 1 aromatic heterocycles. The van der Waals surface area contributed by atoms with Crippen LogP contribution in [0.15, 0.2) is 47.5 Å². The van der Waals surface area contributed by atoms with Crippen LogP contribution in [0.2, 0.25) is 0 Å². The number of nitrogens with zero attached hydrogens (tertiary/aromatic N) is 1. The molecule has 2 heterocycles. The molecule has 2 aromatic rings. The van der Waals surface area contributed by atoms with Crippen LogP contribution in [-0.4, -0.2) is 20.0 Å². The van der Waals surface area contributed by atoms with Crippen molar-refractivity contribution in [1.82, 2.24) is 9.71 Å². The van der Waals surface area contributed by atoms with Crippen molar-refractivity contribution in [3.05, 3.63) is 48.2 Å². The first kappa shape index (κ1) is 12.9. The number of para-hydroxylation sites is 1. The number of benzene rings is 1. The van der Waals surface area contributed by atoms with Crippen LogP contribution in [0.1, 0.15) is 11.6 Å². The average molecular weight is 291 g/mol. The maximum absolute atomic E-state index is 12.3.